The molecule has 0 N–H and O–H groups in total. The zero-order chi connectivity index (χ0) is 7.68. The number of rotatable bonds is 0. The van der Waals surface area contributed by atoms with Crippen molar-refractivity contribution in [3.8, 4) is 0 Å². The standard InChI is InChI=1S/C10H8/c1-2-6-10-8-4-3-7-9(10)5-1/h1-8H/i1+1D. The van der Waals surface area contributed by atoms with E-state index in [9.17, 15) is 0 Å². The lowest BCUT2D eigenvalue weighted by molar-refractivity contribution is 1.75. The van der Waals surface area contributed by atoms with Gasteiger partial charge in [-0.25, -0.2) is 0 Å². The van der Waals surface area contributed by atoms with E-state index in [-0.39, 0.29) is 0 Å². The van der Waals surface area contributed by atoms with Crippen molar-refractivity contribution in [1.29, 1.82) is 0 Å². The van der Waals surface area contributed by atoms with E-state index in [4.69, 9.17) is 1.37 Å². The first kappa shape index (κ1) is 4.51. The molecule has 0 radical (unpaired) electrons. The molecule has 48 valence electrons. The quantitative estimate of drug-likeness (QED) is 0.514. The van der Waals surface area contributed by atoms with Crippen molar-refractivity contribution in [3.05, 3.63) is 48.5 Å². The van der Waals surface area contributed by atoms with E-state index >= 15 is 0 Å². The van der Waals surface area contributed by atoms with Crippen LogP contribution in [0.1, 0.15) is 1.37 Å². The summed E-state index contributed by atoms with van der Waals surface area (Å²) >= 11 is 0. The fraction of sp³-hybridized carbons (Fsp3) is 0. The minimum Gasteiger partial charge on any atom is -0.0616 e. The van der Waals surface area contributed by atoms with E-state index in [1.807, 2.05) is 36.4 Å². The molecule has 0 heteroatoms. The Morgan fingerprint density at radius 1 is 0.800 bits per heavy atom. The van der Waals surface area contributed by atoms with Gasteiger partial charge in [-0.15, -0.1) is 0 Å². The maximum atomic E-state index is 7.38. The highest BCUT2D eigenvalue weighted by molar-refractivity contribution is 5.81. The number of benzene rings is 2. The van der Waals surface area contributed by atoms with Crippen LogP contribution in [-0.4, -0.2) is 0 Å². The van der Waals surface area contributed by atoms with Crippen LogP contribution in [0.25, 0.3) is 10.8 Å². The van der Waals surface area contributed by atoms with Gasteiger partial charge in [-0.1, -0.05) is 48.5 Å². The molecule has 0 amide bonds. The molecule has 2 rings (SSSR count). The lowest BCUT2D eigenvalue weighted by atomic mass is 10.2. The SMILES string of the molecule is [2H][13c]1ccc2ccccc2c1. The molecule has 0 bridgehead atoms. The first-order chi connectivity index (χ1) is 5.36. The normalized spacial score (nSPS) is 11.4. The molecular formula is C10H8. The Morgan fingerprint density at radius 3 is 2.20 bits per heavy atom. The molecule has 0 nitrogen and oxygen atoms in total. The van der Waals surface area contributed by atoms with Crippen LogP contribution in [-0.2, 0) is 0 Å². The van der Waals surface area contributed by atoms with E-state index in [1.54, 1.807) is 0 Å². The molecule has 0 heterocycles. The Bertz CT molecular complexity index is 379. The molecule has 0 unspecified atom stereocenters. The number of hydrogen-bond donors (Lipinski definition) is 0. The third-order valence-electron chi connectivity index (χ3n) is 1.59. The van der Waals surface area contributed by atoms with E-state index in [0.717, 1.165) is 5.39 Å². The molecule has 2 aromatic rings. The van der Waals surface area contributed by atoms with Gasteiger partial charge in [0.2, 0.25) is 0 Å². The van der Waals surface area contributed by atoms with Crippen LogP contribution >= 0.6 is 0 Å². The van der Waals surface area contributed by atoms with Crippen LogP contribution in [0, 0.1) is 0 Å². The minimum atomic E-state index is 0.573. The predicted octanol–water partition coefficient (Wildman–Crippen LogP) is 2.84. The van der Waals surface area contributed by atoms with E-state index in [1.165, 1.54) is 5.39 Å². The molecule has 0 saturated carbocycles. The molecule has 0 saturated heterocycles. The third kappa shape index (κ3) is 0.781. The summed E-state index contributed by atoms with van der Waals surface area (Å²) in [5.41, 5.74) is 0. The average Bonchev–Trinajstić information content (AvgIpc) is 2.04. The molecular weight excluding hydrogens is 121 g/mol. The Hall–Kier alpha value is -1.30. The summed E-state index contributed by atoms with van der Waals surface area (Å²) in [6.45, 7) is 0. The zero-order valence-corrected chi connectivity index (χ0v) is 5.54. The molecule has 0 fully saturated rings. The number of hydrogen-bond acceptors (Lipinski definition) is 0. The maximum Gasteiger partial charge on any atom is 0.0623 e. The van der Waals surface area contributed by atoms with E-state index < -0.39 is 0 Å². The van der Waals surface area contributed by atoms with Gasteiger partial charge >= 0.3 is 0 Å². The van der Waals surface area contributed by atoms with Crippen LogP contribution in [0.5, 0.6) is 0 Å². The molecule has 0 aliphatic rings. The summed E-state index contributed by atoms with van der Waals surface area (Å²) in [6.07, 6.45) is 0. The van der Waals surface area contributed by atoms with Crippen molar-refractivity contribution in [2.45, 2.75) is 0 Å². The Balaban J connectivity index is 2.83. The molecule has 0 atom stereocenters. The summed E-state index contributed by atoms with van der Waals surface area (Å²) in [5, 5.41) is 2.34. The molecule has 0 aliphatic heterocycles. The van der Waals surface area contributed by atoms with Crippen LogP contribution in [0.3, 0.4) is 0 Å². The van der Waals surface area contributed by atoms with Crippen molar-refractivity contribution in [2.24, 2.45) is 0 Å². The highest BCUT2D eigenvalue weighted by atomic mass is 14.0. The van der Waals surface area contributed by atoms with Gasteiger partial charge in [-0.2, -0.15) is 0 Å². The van der Waals surface area contributed by atoms with Crippen LogP contribution in [0.2, 0.25) is 0 Å². The number of fused-ring (bicyclic) bond motifs is 1. The van der Waals surface area contributed by atoms with Gasteiger partial charge < -0.3 is 0 Å². The van der Waals surface area contributed by atoms with Crippen molar-refractivity contribution in [2.75, 3.05) is 0 Å². The van der Waals surface area contributed by atoms with E-state index in [2.05, 4.69) is 6.07 Å². The average molecular weight is 130 g/mol. The van der Waals surface area contributed by atoms with Gasteiger partial charge in [0.1, 0.15) is 0 Å². The Labute approximate surface area is 61.5 Å². The van der Waals surface area contributed by atoms with Gasteiger partial charge in [0.15, 0.2) is 0 Å². The zero-order valence-electron chi connectivity index (χ0n) is 6.54. The second-order valence-corrected chi connectivity index (χ2v) is 2.27. The van der Waals surface area contributed by atoms with Crippen molar-refractivity contribution < 1.29 is 1.37 Å². The van der Waals surface area contributed by atoms with Gasteiger partial charge in [-0.3, -0.25) is 0 Å². The van der Waals surface area contributed by atoms with Crippen LogP contribution in [0.4, 0.5) is 0 Å². The summed E-state index contributed by atoms with van der Waals surface area (Å²) < 4.78 is 7.38. The largest absolute Gasteiger partial charge is 0.0623 e. The topological polar surface area (TPSA) is 0 Å². The van der Waals surface area contributed by atoms with Crippen molar-refractivity contribution >= 4 is 10.8 Å². The highest BCUT2D eigenvalue weighted by Gasteiger charge is 1.85. The predicted molar refractivity (Wildman–Crippen MR) is 43.9 cm³/mol. The maximum absolute atomic E-state index is 7.38. The first-order valence-electron chi connectivity index (χ1n) is 3.82. The molecule has 2 aromatic carbocycles. The monoisotopic (exact) mass is 130 g/mol. The summed E-state index contributed by atoms with van der Waals surface area (Å²) in [4.78, 5) is 0. The Kier molecular flexibility index (Phi) is 0.966. The second kappa shape index (κ2) is 2.14. The van der Waals surface area contributed by atoms with Gasteiger partial charge in [0.05, 0.1) is 1.37 Å². The Morgan fingerprint density at radius 2 is 1.40 bits per heavy atom. The van der Waals surface area contributed by atoms with E-state index in [0.29, 0.717) is 6.04 Å². The van der Waals surface area contributed by atoms with Crippen molar-refractivity contribution in [1.82, 2.24) is 0 Å². The fourth-order valence-electron chi connectivity index (χ4n) is 1.07. The van der Waals surface area contributed by atoms with Gasteiger partial charge in [0, 0.05) is 0 Å². The second-order valence-electron chi connectivity index (χ2n) is 2.27. The minimum absolute atomic E-state index is 0.573. The summed E-state index contributed by atoms with van der Waals surface area (Å²) in [7, 11) is 0. The fourth-order valence-corrected chi connectivity index (χ4v) is 1.07. The summed E-state index contributed by atoms with van der Waals surface area (Å²) in [5.74, 6) is 0. The smallest absolute Gasteiger partial charge is 0.0616 e. The molecule has 10 heavy (non-hydrogen) atoms. The van der Waals surface area contributed by atoms with Gasteiger partial charge in [0.25, 0.3) is 0 Å². The van der Waals surface area contributed by atoms with Crippen LogP contribution in [0.15, 0.2) is 48.5 Å². The highest BCUT2D eigenvalue weighted by Crippen LogP contribution is 2.11. The van der Waals surface area contributed by atoms with Crippen molar-refractivity contribution in [3.63, 3.8) is 0 Å². The molecule has 0 spiro atoms. The first-order valence-corrected chi connectivity index (χ1v) is 3.32. The third-order valence-corrected chi connectivity index (χ3v) is 1.59. The molecule has 0 aliphatic carbocycles. The lowest BCUT2D eigenvalue weighted by Crippen LogP contribution is -1.67. The van der Waals surface area contributed by atoms with Crippen LogP contribution < -0.4 is 0 Å². The van der Waals surface area contributed by atoms with Gasteiger partial charge in [-0.05, 0) is 10.8 Å². The molecule has 0 aromatic heterocycles. The summed E-state index contributed by atoms with van der Waals surface area (Å²) in [6, 6.07) is 14.3. The lowest BCUT2D eigenvalue weighted by Gasteiger charge is -1.92.